The fraction of sp³-hybridized carbons (Fsp3) is 0.545. The molecule has 1 saturated heterocycles. The molecule has 2 bridgehead atoms. The zero-order valence-corrected chi connectivity index (χ0v) is 8.67. The van der Waals surface area contributed by atoms with Gasteiger partial charge in [-0.3, -0.25) is 0 Å². The molecule has 74 valence electrons. The molecule has 0 aliphatic carbocycles. The van der Waals surface area contributed by atoms with Crippen LogP contribution in [-0.2, 0) is 0 Å². The van der Waals surface area contributed by atoms with E-state index >= 15 is 0 Å². The van der Waals surface area contributed by atoms with E-state index in [1.165, 1.54) is 24.2 Å². The van der Waals surface area contributed by atoms with Gasteiger partial charge < -0.3 is 10.2 Å². The van der Waals surface area contributed by atoms with Gasteiger partial charge in [0.2, 0.25) is 0 Å². The maximum absolute atomic E-state index is 4.56. The standard InChI is InChI=1S/C11H15N3/c1-7-5-8(2)12-11-10(7)14-4-3-9(6-14)13-11/h5,9H,3-4,6H2,1-2H3,(H,12,13). The quantitative estimate of drug-likeness (QED) is 0.673. The zero-order chi connectivity index (χ0) is 9.71. The van der Waals surface area contributed by atoms with Crippen LogP contribution < -0.4 is 10.2 Å². The van der Waals surface area contributed by atoms with Crippen molar-refractivity contribution in [3.8, 4) is 0 Å². The van der Waals surface area contributed by atoms with E-state index in [0.717, 1.165) is 18.1 Å². The van der Waals surface area contributed by atoms with Crippen LogP contribution in [0.5, 0.6) is 0 Å². The van der Waals surface area contributed by atoms with Gasteiger partial charge in [0.25, 0.3) is 0 Å². The average Bonchev–Trinajstić information content (AvgIpc) is 2.46. The maximum atomic E-state index is 4.56. The van der Waals surface area contributed by atoms with Crippen molar-refractivity contribution >= 4 is 11.5 Å². The van der Waals surface area contributed by atoms with Gasteiger partial charge in [-0.25, -0.2) is 4.98 Å². The molecule has 2 aliphatic rings. The van der Waals surface area contributed by atoms with Gasteiger partial charge in [-0.2, -0.15) is 0 Å². The molecule has 1 aromatic heterocycles. The number of anilines is 2. The third kappa shape index (κ3) is 1.01. The second-order valence-electron chi connectivity index (χ2n) is 4.35. The monoisotopic (exact) mass is 189 g/mol. The second kappa shape index (κ2) is 2.62. The number of fused-ring (bicyclic) bond motifs is 4. The van der Waals surface area contributed by atoms with Crippen molar-refractivity contribution in [2.45, 2.75) is 26.3 Å². The number of hydrogen-bond acceptors (Lipinski definition) is 3. The van der Waals surface area contributed by atoms with Crippen molar-refractivity contribution < 1.29 is 0 Å². The summed E-state index contributed by atoms with van der Waals surface area (Å²) in [4.78, 5) is 7.02. The van der Waals surface area contributed by atoms with Crippen LogP contribution in [0.15, 0.2) is 6.07 Å². The summed E-state index contributed by atoms with van der Waals surface area (Å²) in [6.07, 6.45) is 1.24. The lowest BCUT2D eigenvalue weighted by atomic mass is 10.1. The molecule has 0 amide bonds. The lowest BCUT2D eigenvalue weighted by Crippen LogP contribution is -2.33. The van der Waals surface area contributed by atoms with Crippen LogP contribution in [0.3, 0.4) is 0 Å². The molecule has 0 radical (unpaired) electrons. The Morgan fingerprint density at radius 3 is 3.21 bits per heavy atom. The molecule has 3 nitrogen and oxygen atoms in total. The highest BCUT2D eigenvalue weighted by Crippen LogP contribution is 2.36. The first-order valence-electron chi connectivity index (χ1n) is 5.24. The SMILES string of the molecule is Cc1cc(C)c2c(n1)NC1CCN2C1. The summed E-state index contributed by atoms with van der Waals surface area (Å²) in [5.41, 5.74) is 3.78. The van der Waals surface area contributed by atoms with Crippen LogP contribution in [0.2, 0.25) is 0 Å². The molecule has 1 aromatic rings. The second-order valence-corrected chi connectivity index (χ2v) is 4.35. The first-order chi connectivity index (χ1) is 6.74. The fourth-order valence-electron chi connectivity index (χ4n) is 2.60. The van der Waals surface area contributed by atoms with Crippen molar-refractivity contribution in [2.75, 3.05) is 23.3 Å². The molecule has 2 aliphatic heterocycles. The number of rotatable bonds is 0. The molecule has 0 saturated carbocycles. The van der Waals surface area contributed by atoms with E-state index in [-0.39, 0.29) is 0 Å². The Bertz CT molecular complexity index is 386. The van der Waals surface area contributed by atoms with Gasteiger partial charge in [-0.1, -0.05) is 0 Å². The Morgan fingerprint density at radius 1 is 1.50 bits per heavy atom. The average molecular weight is 189 g/mol. The number of hydrogen-bond donors (Lipinski definition) is 1. The predicted octanol–water partition coefficient (Wildman–Crippen LogP) is 1.70. The normalized spacial score (nSPS) is 23.3. The maximum Gasteiger partial charge on any atom is 0.150 e. The van der Waals surface area contributed by atoms with Gasteiger partial charge in [-0.05, 0) is 31.9 Å². The molecule has 1 atom stereocenters. The van der Waals surface area contributed by atoms with Gasteiger partial charge in [0.1, 0.15) is 5.82 Å². The van der Waals surface area contributed by atoms with Crippen molar-refractivity contribution in [3.05, 3.63) is 17.3 Å². The summed E-state index contributed by atoms with van der Waals surface area (Å²) < 4.78 is 0. The summed E-state index contributed by atoms with van der Waals surface area (Å²) in [6.45, 7) is 6.56. The van der Waals surface area contributed by atoms with Crippen molar-refractivity contribution in [1.82, 2.24) is 4.98 Å². The van der Waals surface area contributed by atoms with Crippen LogP contribution in [0.1, 0.15) is 17.7 Å². The summed E-state index contributed by atoms with van der Waals surface area (Å²) in [6, 6.07) is 2.79. The molecule has 1 fully saturated rings. The van der Waals surface area contributed by atoms with Crippen molar-refractivity contribution in [3.63, 3.8) is 0 Å². The Labute approximate surface area is 84.1 Å². The fourth-order valence-corrected chi connectivity index (χ4v) is 2.60. The molecule has 0 aromatic carbocycles. The van der Waals surface area contributed by atoms with Gasteiger partial charge in [0, 0.05) is 24.8 Å². The highest BCUT2D eigenvalue weighted by molar-refractivity contribution is 5.73. The Balaban J connectivity index is 2.18. The largest absolute Gasteiger partial charge is 0.366 e. The van der Waals surface area contributed by atoms with Crippen LogP contribution in [0, 0.1) is 13.8 Å². The molecule has 1 unspecified atom stereocenters. The third-order valence-corrected chi connectivity index (χ3v) is 3.16. The first kappa shape index (κ1) is 8.09. The minimum atomic E-state index is 0.621. The minimum absolute atomic E-state index is 0.621. The molecule has 0 spiro atoms. The molecular weight excluding hydrogens is 174 g/mol. The topological polar surface area (TPSA) is 28.2 Å². The summed E-state index contributed by atoms with van der Waals surface area (Å²) in [7, 11) is 0. The van der Waals surface area contributed by atoms with Crippen molar-refractivity contribution in [2.24, 2.45) is 0 Å². The van der Waals surface area contributed by atoms with E-state index in [1.807, 2.05) is 0 Å². The van der Waals surface area contributed by atoms with Crippen molar-refractivity contribution in [1.29, 1.82) is 0 Å². The molecule has 1 N–H and O–H groups in total. The van der Waals surface area contributed by atoms with E-state index in [9.17, 15) is 0 Å². The van der Waals surface area contributed by atoms with Gasteiger partial charge in [-0.15, -0.1) is 0 Å². The Hall–Kier alpha value is -1.25. The molecular formula is C11H15N3. The lowest BCUT2D eigenvalue weighted by molar-refractivity contribution is 0.785. The summed E-state index contributed by atoms with van der Waals surface area (Å²) in [5, 5.41) is 3.52. The van der Waals surface area contributed by atoms with E-state index < -0.39 is 0 Å². The minimum Gasteiger partial charge on any atom is -0.366 e. The number of pyridine rings is 1. The lowest BCUT2D eigenvalue weighted by Gasteiger charge is -2.29. The Morgan fingerprint density at radius 2 is 2.36 bits per heavy atom. The van der Waals surface area contributed by atoms with Crippen LogP contribution >= 0.6 is 0 Å². The number of nitrogens with zero attached hydrogens (tertiary/aromatic N) is 2. The number of nitrogens with one attached hydrogen (secondary N) is 1. The molecule has 3 heteroatoms. The Kier molecular flexibility index (Phi) is 1.52. The zero-order valence-electron chi connectivity index (χ0n) is 8.67. The molecule has 3 heterocycles. The van der Waals surface area contributed by atoms with E-state index in [0.29, 0.717) is 6.04 Å². The van der Waals surface area contributed by atoms with E-state index in [1.54, 1.807) is 0 Å². The van der Waals surface area contributed by atoms with E-state index in [4.69, 9.17) is 0 Å². The van der Waals surface area contributed by atoms with E-state index in [2.05, 4.69) is 35.1 Å². The smallest absolute Gasteiger partial charge is 0.150 e. The van der Waals surface area contributed by atoms with Gasteiger partial charge in [0.15, 0.2) is 0 Å². The summed E-state index contributed by atoms with van der Waals surface area (Å²) in [5.74, 6) is 1.09. The number of aryl methyl sites for hydroxylation is 2. The number of aromatic nitrogens is 1. The van der Waals surface area contributed by atoms with Gasteiger partial charge >= 0.3 is 0 Å². The van der Waals surface area contributed by atoms with Crippen LogP contribution in [0.25, 0.3) is 0 Å². The highest BCUT2D eigenvalue weighted by Gasteiger charge is 2.31. The van der Waals surface area contributed by atoms with Crippen LogP contribution in [0.4, 0.5) is 11.5 Å². The highest BCUT2D eigenvalue weighted by atomic mass is 15.3. The molecule has 14 heavy (non-hydrogen) atoms. The van der Waals surface area contributed by atoms with Crippen LogP contribution in [-0.4, -0.2) is 24.1 Å². The third-order valence-electron chi connectivity index (χ3n) is 3.16. The first-order valence-corrected chi connectivity index (χ1v) is 5.24. The van der Waals surface area contributed by atoms with Gasteiger partial charge in [0.05, 0.1) is 5.69 Å². The molecule has 3 rings (SSSR count). The summed E-state index contributed by atoms with van der Waals surface area (Å²) >= 11 is 0. The predicted molar refractivity (Wildman–Crippen MR) is 58.0 cm³/mol.